The summed E-state index contributed by atoms with van der Waals surface area (Å²) in [6.07, 6.45) is -6.29. The molecule has 0 aromatic heterocycles. The molecule has 6 heteroatoms. The number of methoxy groups -OCH3 is 2. The lowest BCUT2D eigenvalue weighted by Crippen LogP contribution is -2.51. The Labute approximate surface area is 209 Å². The van der Waals surface area contributed by atoms with Gasteiger partial charge in [-0.1, -0.05) is 27.5 Å². The van der Waals surface area contributed by atoms with Crippen LogP contribution in [0.5, 0.6) is 11.5 Å². The van der Waals surface area contributed by atoms with E-state index < -0.39 is 112 Å². The number of fused-ring (bicyclic) bond motifs is 3. The van der Waals surface area contributed by atoms with E-state index >= 15 is 0 Å². The number of nitrogens with zero attached hydrogens (tertiary/aromatic N) is 1. The molecule has 4 unspecified atom stereocenters. The van der Waals surface area contributed by atoms with Crippen molar-refractivity contribution in [2.24, 2.45) is 23.4 Å². The van der Waals surface area contributed by atoms with Gasteiger partial charge in [-0.25, -0.2) is 0 Å². The zero-order chi connectivity index (χ0) is 39.2. The van der Waals surface area contributed by atoms with Gasteiger partial charge in [0.2, 0.25) is 0 Å². The normalized spacial score (nSPS) is 42.6. The van der Waals surface area contributed by atoms with Crippen molar-refractivity contribution in [2.45, 2.75) is 64.8 Å². The summed E-state index contributed by atoms with van der Waals surface area (Å²) in [6, 6.07) is -7.40. The van der Waals surface area contributed by atoms with Crippen LogP contribution in [0.1, 0.15) is 84.8 Å². The highest BCUT2D eigenvalue weighted by molar-refractivity contribution is 5.76. The van der Waals surface area contributed by atoms with Crippen molar-refractivity contribution in [3.63, 3.8) is 0 Å². The molecule has 5 atom stereocenters. The average Bonchev–Trinajstić information content (AvgIpc) is 2.91. The summed E-state index contributed by atoms with van der Waals surface area (Å²) in [5, 5.41) is 0. The second-order valence-corrected chi connectivity index (χ2v) is 7.02. The van der Waals surface area contributed by atoms with Gasteiger partial charge in [0.25, 0.3) is 0 Å². The Hall–Kier alpha value is -1.79. The summed E-state index contributed by atoms with van der Waals surface area (Å²) < 4.78 is 178. The first-order valence-electron chi connectivity index (χ1n) is 19.2. The molecule has 2 N–H and O–H groups in total. The molecule has 0 aliphatic carbocycles. The van der Waals surface area contributed by atoms with E-state index in [1.54, 1.807) is 0 Å². The largest absolute Gasteiger partial charge is 0.493 e. The molecule has 2 aliphatic rings. The molecular formula is C24H38N2O4. The van der Waals surface area contributed by atoms with Gasteiger partial charge in [-0.3, -0.25) is 9.69 Å². The Kier molecular flexibility index (Phi) is 2.64. The van der Waals surface area contributed by atoms with Crippen molar-refractivity contribution < 1.29 is 46.4 Å². The lowest BCUT2D eigenvalue weighted by molar-refractivity contribution is -0.160. The van der Waals surface area contributed by atoms with Gasteiger partial charge >= 0.3 is 5.97 Å². The smallest absolute Gasteiger partial charge is 0.323 e. The standard InChI is InChI=1S/C24H38N2O4/c1-14(2)9-17-13-26-8-7-16-10-21(28-5)22(29-6)11-18(16)19(26)12-20(17)30-24(27)23(25)15(3)4/h10-11,14-15,17,19-20,23H,7-9,12-13,25H2,1-6H3/t17?,19?,20?,23-/m0/s1/i1D3,3D3,4D3,5D3,9D2,10D,11D,14D,15D,19D,23D/t14?,17?,19?,20?,23-. The summed E-state index contributed by atoms with van der Waals surface area (Å²) in [5.41, 5.74) is 5.34. The third-order valence-electron chi connectivity index (χ3n) is 5.03. The number of piperidine rings is 1. The molecule has 1 fully saturated rings. The van der Waals surface area contributed by atoms with Gasteiger partial charge < -0.3 is 19.9 Å². The number of hydrogen-bond donors (Lipinski definition) is 1. The van der Waals surface area contributed by atoms with Gasteiger partial charge in [0.05, 0.1) is 23.7 Å². The van der Waals surface area contributed by atoms with E-state index in [1.807, 2.05) is 0 Å². The fraction of sp³-hybridized carbons (Fsp3) is 0.708. The van der Waals surface area contributed by atoms with Gasteiger partial charge in [0.1, 0.15) is 12.1 Å². The van der Waals surface area contributed by atoms with Crippen LogP contribution in [0.4, 0.5) is 0 Å². The number of carbonyl (C=O) groups is 1. The highest BCUT2D eigenvalue weighted by atomic mass is 16.5. The Bertz CT molecular complexity index is 1470. The number of hydrogen-bond acceptors (Lipinski definition) is 6. The summed E-state index contributed by atoms with van der Waals surface area (Å²) in [4.78, 5) is 14.9. The van der Waals surface area contributed by atoms with Crippen LogP contribution < -0.4 is 15.2 Å². The zero-order valence-corrected chi connectivity index (χ0v) is 16.6. The van der Waals surface area contributed by atoms with Crippen molar-refractivity contribution in [1.29, 1.82) is 0 Å². The lowest BCUT2D eigenvalue weighted by atomic mass is 9.79. The van der Waals surface area contributed by atoms with E-state index in [1.165, 1.54) is 4.90 Å². The SMILES string of the molecule is [2H]c1c2c(c([2H])c(OC)c1OC([2H])([2H])[2H])C1([2H])CC(OC(=O)[C@@]([2H])(N)C([2H])(C([2H])([2H])[2H])C([2H])([2H])[2H])C(C([2H])([2H])C([2H])(C)C([2H])([2H])[2H])CN1CC2. The van der Waals surface area contributed by atoms with Crippen molar-refractivity contribution in [1.82, 2.24) is 4.90 Å². The van der Waals surface area contributed by atoms with E-state index in [9.17, 15) is 6.17 Å². The zero-order valence-electron chi connectivity index (χ0n) is 36.6. The quantitative estimate of drug-likeness (QED) is 0.656. The van der Waals surface area contributed by atoms with Crippen LogP contribution in [0.3, 0.4) is 0 Å². The van der Waals surface area contributed by atoms with Crippen LogP contribution >= 0.6 is 0 Å². The van der Waals surface area contributed by atoms with E-state index in [4.69, 9.17) is 46.0 Å². The van der Waals surface area contributed by atoms with Crippen LogP contribution in [-0.4, -0.2) is 50.2 Å². The maximum atomic E-state index is 13.6. The Morgan fingerprint density at radius 1 is 1.43 bits per heavy atom. The van der Waals surface area contributed by atoms with Crippen molar-refractivity contribution in [3.8, 4) is 11.5 Å². The molecule has 1 saturated heterocycles. The predicted octanol–water partition coefficient (Wildman–Crippen LogP) is 3.56. The maximum Gasteiger partial charge on any atom is 0.323 e. The van der Waals surface area contributed by atoms with E-state index in [2.05, 4.69) is 0 Å². The Balaban J connectivity index is 2.30. The molecule has 1 aromatic rings. The number of rotatable bonds is 7. The molecule has 168 valence electrons. The van der Waals surface area contributed by atoms with Crippen molar-refractivity contribution >= 4 is 5.97 Å². The summed E-state index contributed by atoms with van der Waals surface area (Å²) >= 11 is 0. The molecule has 0 spiro atoms. The third kappa shape index (κ3) is 4.75. The number of ether oxygens (including phenoxy) is 3. The molecule has 0 bridgehead atoms. The average molecular weight is 439 g/mol. The summed E-state index contributed by atoms with van der Waals surface area (Å²) in [7, 11) is -2.04. The minimum absolute atomic E-state index is 0.0655. The van der Waals surface area contributed by atoms with Gasteiger partial charge in [0, 0.05) is 49.3 Å². The maximum absolute atomic E-state index is 13.6. The van der Waals surface area contributed by atoms with E-state index in [0.29, 0.717) is 0 Å². The first kappa shape index (κ1) is 8.28. The minimum atomic E-state index is -4.03. The molecule has 0 radical (unpaired) electrons. The second-order valence-electron chi connectivity index (χ2n) is 7.02. The second kappa shape index (κ2) is 9.56. The van der Waals surface area contributed by atoms with E-state index in [-0.39, 0.29) is 24.1 Å². The summed E-state index contributed by atoms with van der Waals surface area (Å²) in [6.45, 7) is -11.2. The lowest BCUT2D eigenvalue weighted by Gasteiger charge is -2.47. The van der Waals surface area contributed by atoms with Crippen LogP contribution in [0, 0.1) is 17.7 Å². The minimum Gasteiger partial charge on any atom is -0.493 e. The highest BCUT2D eigenvalue weighted by Crippen LogP contribution is 2.44. The fourth-order valence-corrected chi connectivity index (χ4v) is 3.66. The molecule has 0 saturated carbocycles. The molecule has 3 rings (SSSR count). The van der Waals surface area contributed by atoms with Gasteiger partial charge in [-0.15, -0.1) is 0 Å². The highest BCUT2D eigenvalue weighted by Gasteiger charge is 2.41. The summed E-state index contributed by atoms with van der Waals surface area (Å²) in [5.74, 6) is -12.2. The monoisotopic (exact) mass is 438 g/mol. The molecule has 0 amide bonds. The molecule has 2 aliphatic heterocycles. The van der Waals surface area contributed by atoms with Crippen LogP contribution in [0.25, 0.3) is 0 Å². The topological polar surface area (TPSA) is 74.0 Å². The van der Waals surface area contributed by atoms with Crippen LogP contribution in [0.15, 0.2) is 12.1 Å². The molecular weight excluding hydrogens is 380 g/mol. The number of benzene rings is 1. The number of carbonyl (C=O) groups excluding carboxylic acids is 1. The van der Waals surface area contributed by atoms with Crippen molar-refractivity contribution in [3.05, 3.63) is 23.2 Å². The Morgan fingerprint density at radius 3 is 2.93 bits per heavy atom. The molecule has 2 heterocycles. The predicted molar refractivity (Wildman–Crippen MR) is 118 cm³/mol. The van der Waals surface area contributed by atoms with Gasteiger partial charge in [-0.05, 0) is 47.8 Å². The van der Waals surface area contributed by atoms with E-state index in [0.717, 1.165) is 14.0 Å². The van der Waals surface area contributed by atoms with Crippen molar-refractivity contribution in [2.75, 3.05) is 27.2 Å². The number of esters is 1. The molecule has 1 aromatic carbocycles. The van der Waals surface area contributed by atoms with Gasteiger partial charge in [0.15, 0.2) is 11.5 Å². The molecule has 6 nitrogen and oxygen atoms in total. The fourth-order valence-electron chi connectivity index (χ4n) is 3.66. The van der Waals surface area contributed by atoms with Gasteiger partial charge in [-0.2, -0.15) is 0 Å². The molecule has 30 heavy (non-hydrogen) atoms. The van der Waals surface area contributed by atoms with Crippen LogP contribution in [-0.2, 0) is 16.0 Å². The van der Waals surface area contributed by atoms with Crippen LogP contribution in [0.2, 0.25) is 0 Å². The number of nitrogens with two attached hydrogens (primary N) is 1. The first-order valence-corrected chi connectivity index (χ1v) is 9.20. The first-order chi connectivity index (χ1) is 22.1. The third-order valence-corrected chi connectivity index (χ3v) is 5.03. The Morgan fingerprint density at radius 2 is 2.23 bits per heavy atom.